The summed E-state index contributed by atoms with van der Waals surface area (Å²) in [6, 6.07) is 1.81. The van der Waals surface area contributed by atoms with Gasteiger partial charge >= 0.3 is 5.69 Å². The van der Waals surface area contributed by atoms with Crippen molar-refractivity contribution in [2.45, 2.75) is 19.9 Å². The minimum Gasteiger partial charge on any atom is -0.384 e. The SMILES string of the molecule is CC(C)n1c(=O)[nH]c2cnc(N)cc21. The molecule has 0 bridgehead atoms. The van der Waals surface area contributed by atoms with Crippen molar-refractivity contribution >= 4 is 16.9 Å². The van der Waals surface area contributed by atoms with Crippen molar-refractivity contribution in [1.82, 2.24) is 14.5 Å². The van der Waals surface area contributed by atoms with Crippen molar-refractivity contribution in [3.05, 3.63) is 22.7 Å². The molecule has 2 rings (SSSR count). The number of H-pyrrole nitrogens is 1. The van der Waals surface area contributed by atoms with Gasteiger partial charge in [-0.15, -0.1) is 0 Å². The van der Waals surface area contributed by atoms with Crippen LogP contribution in [0.4, 0.5) is 5.82 Å². The number of fused-ring (bicyclic) bond motifs is 1. The Morgan fingerprint density at radius 2 is 2.29 bits per heavy atom. The normalized spacial score (nSPS) is 11.4. The monoisotopic (exact) mass is 192 g/mol. The molecule has 0 saturated heterocycles. The van der Waals surface area contributed by atoms with Gasteiger partial charge in [0.25, 0.3) is 0 Å². The Labute approximate surface area is 80.6 Å². The predicted molar refractivity (Wildman–Crippen MR) is 55.2 cm³/mol. The molecule has 0 aliphatic rings. The molecular weight excluding hydrogens is 180 g/mol. The Balaban J connectivity index is 2.86. The van der Waals surface area contributed by atoms with Crippen LogP contribution in [0.5, 0.6) is 0 Å². The van der Waals surface area contributed by atoms with E-state index in [1.165, 1.54) is 0 Å². The molecule has 0 radical (unpaired) electrons. The molecule has 0 aliphatic heterocycles. The van der Waals surface area contributed by atoms with Gasteiger partial charge in [0.05, 0.1) is 17.2 Å². The third-order valence-electron chi connectivity index (χ3n) is 2.14. The topological polar surface area (TPSA) is 76.7 Å². The van der Waals surface area contributed by atoms with E-state index in [1.54, 1.807) is 16.8 Å². The fourth-order valence-corrected chi connectivity index (χ4v) is 1.55. The van der Waals surface area contributed by atoms with Crippen LogP contribution < -0.4 is 11.4 Å². The van der Waals surface area contributed by atoms with E-state index in [4.69, 9.17) is 5.73 Å². The molecule has 2 aromatic rings. The Kier molecular flexibility index (Phi) is 1.80. The Bertz CT molecular complexity index is 523. The molecule has 0 aromatic carbocycles. The highest BCUT2D eigenvalue weighted by atomic mass is 16.1. The summed E-state index contributed by atoms with van der Waals surface area (Å²) in [7, 11) is 0. The summed E-state index contributed by atoms with van der Waals surface area (Å²) < 4.78 is 1.66. The zero-order chi connectivity index (χ0) is 10.3. The van der Waals surface area contributed by atoms with Gasteiger partial charge in [-0.2, -0.15) is 0 Å². The van der Waals surface area contributed by atoms with Gasteiger partial charge in [0.15, 0.2) is 0 Å². The largest absolute Gasteiger partial charge is 0.384 e. The first-order valence-corrected chi connectivity index (χ1v) is 4.45. The average Bonchev–Trinajstić information content (AvgIpc) is 2.40. The highest BCUT2D eigenvalue weighted by molar-refractivity contribution is 5.76. The van der Waals surface area contributed by atoms with Gasteiger partial charge in [0.2, 0.25) is 0 Å². The molecule has 0 atom stereocenters. The summed E-state index contributed by atoms with van der Waals surface area (Å²) in [5, 5.41) is 0. The number of hydrogen-bond donors (Lipinski definition) is 2. The molecule has 0 fully saturated rings. The summed E-state index contributed by atoms with van der Waals surface area (Å²) >= 11 is 0. The minimum atomic E-state index is -0.123. The molecule has 0 aliphatic carbocycles. The number of pyridine rings is 1. The van der Waals surface area contributed by atoms with Gasteiger partial charge in [-0.1, -0.05) is 0 Å². The zero-order valence-electron chi connectivity index (χ0n) is 8.11. The lowest BCUT2D eigenvalue weighted by molar-refractivity contribution is 0.598. The quantitative estimate of drug-likeness (QED) is 0.704. The minimum absolute atomic E-state index is 0.109. The molecule has 2 heterocycles. The molecule has 0 amide bonds. The maximum absolute atomic E-state index is 11.5. The number of nitrogens with one attached hydrogen (secondary N) is 1. The summed E-state index contributed by atoms with van der Waals surface area (Å²) in [5.41, 5.74) is 6.96. The first-order valence-electron chi connectivity index (χ1n) is 4.45. The summed E-state index contributed by atoms with van der Waals surface area (Å²) in [5.74, 6) is 0.422. The summed E-state index contributed by atoms with van der Waals surface area (Å²) in [4.78, 5) is 18.2. The van der Waals surface area contributed by atoms with Crippen molar-refractivity contribution in [2.24, 2.45) is 0 Å². The Morgan fingerprint density at radius 3 is 2.93 bits per heavy atom. The highest BCUT2D eigenvalue weighted by Crippen LogP contribution is 2.15. The van der Waals surface area contributed by atoms with E-state index in [0.717, 1.165) is 11.0 Å². The van der Waals surface area contributed by atoms with E-state index in [2.05, 4.69) is 9.97 Å². The number of nitrogens with two attached hydrogens (primary N) is 1. The molecule has 74 valence electrons. The first kappa shape index (κ1) is 8.80. The predicted octanol–water partition coefficient (Wildman–Crippen LogP) is 0.888. The molecule has 3 N–H and O–H groups in total. The number of nitrogens with zero attached hydrogens (tertiary/aromatic N) is 2. The van der Waals surface area contributed by atoms with E-state index in [9.17, 15) is 4.79 Å². The van der Waals surface area contributed by atoms with Crippen LogP contribution in [0, 0.1) is 0 Å². The van der Waals surface area contributed by atoms with E-state index in [-0.39, 0.29) is 11.7 Å². The van der Waals surface area contributed by atoms with Gasteiger partial charge in [0.1, 0.15) is 5.82 Å². The molecule has 0 unspecified atom stereocenters. The summed E-state index contributed by atoms with van der Waals surface area (Å²) in [6.07, 6.45) is 1.57. The van der Waals surface area contributed by atoms with E-state index >= 15 is 0 Å². The van der Waals surface area contributed by atoms with Crippen LogP contribution in [-0.2, 0) is 0 Å². The van der Waals surface area contributed by atoms with Crippen molar-refractivity contribution in [2.75, 3.05) is 5.73 Å². The first-order chi connectivity index (χ1) is 6.59. The molecule has 0 spiro atoms. The van der Waals surface area contributed by atoms with Crippen molar-refractivity contribution in [3.63, 3.8) is 0 Å². The smallest absolute Gasteiger partial charge is 0.326 e. The van der Waals surface area contributed by atoms with Gasteiger partial charge in [-0.3, -0.25) is 4.57 Å². The van der Waals surface area contributed by atoms with E-state index < -0.39 is 0 Å². The average molecular weight is 192 g/mol. The zero-order valence-corrected chi connectivity index (χ0v) is 8.11. The fourth-order valence-electron chi connectivity index (χ4n) is 1.55. The molecule has 2 aromatic heterocycles. The van der Waals surface area contributed by atoms with Crippen LogP contribution in [0.2, 0.25) is 0 Å². The van der Waals surface area contributed by atoms with E-state index in [1.807, 2.05) is 13.8 Å². The molecular formula is C9H12N4O. The number of imidazole rings is 1. The van der Waals surface area contributed by atoms with Crippen molar-refractivity contribution in [1.29, 1.82) is 0 Å². The van der Waals surface area contributed by atoms with Gasteiger partial charge < -0.3 is 10.7 Å². The van der Waals surface area contributed by atoms with Gasteiger partial charge in [0, 0.05) is 12.1 Å². The lowest BCUT2D eigenvalue weighted by atomic mass is 10.3. The molecule has 5 heteroatoms. The Hall–Kier alpha value is -1.78. The second kappa shape index (κ2) is 2.87. The maximum atomic E-state index is 11.5. The van der Waals surface area contributed by atoms with Gasteiger partial charge in [-0.25, -0.2) is 9.78 Å². The van der Waals surface area contributed by atoms with Crippen LogP contribution in [0.3, 0.4) is 0 Å². The number of nitrogen functional groups attached to an aromatic ring is 1. The van der Waals surface area contributed by atoms with Crippen molar-refractivity contribution in [3.8, 4) is 0 Å². The van der Waals surface area contributed by atoms with Crippen molar-refractivity contribution < 1.29 is 0 Å². The number of hydrogen-bond acceptors (Lipinski definition) is 3. The van der Waals surface area contributed by atoms with Crippen LogP contribution >= 0.6 is 0 Å². The van der Waals surface area contributed by atoms with Crippen LogP contribution in [0.25, 0.3) is 11.0 Å². The third kappa shape index (κ3) is 1.17. The molecule has 5 nitrogen and oxygen atoms in total. The second-order valence-corrected chi connectivity index (χ2v) is 3.52. The standard InChI is InChI=1S/C9H12N4O/c1-5(2)13-7-3-8(10)11-4-6(7)12-9(13)14/h3-5H,1-2H3,(H2,10,11)(H,12,14). The molecule has 14 heavy (non-hydrogen) atoms. The number of rotatable bonds is 1. The lowest BCUT2D eigenvalue weighted by Gasteiger charge is -2.06. The number of aromatic amines is 1. The Morgan fingerprint density at radius 1 is 1.57 bits per heavy atom. The maximum Gasteiger partial charge on any atom is 0.326 e. The van der Waals surface area contributed by atoms with Gasteiger partial charge in [-0.05, 0) is 13.8 Å². The second-order valence-electron chi connectivity index (χ2n) is 3.52. The van der Waals surface area contributed by atoms with Crippen LogP contribution in [0.15, 0.2) is 17.1 Å². The fraction of sp³-hybridized carbons (Fsp3) is 0.333. The third-order valence-corrected chi connectivity index (χ3v) is 2.14. The number of anilines is 1. The number of aromatic nitrogens is 3. The van der Waals surface area contributed by atoms with Crippen LogP contribution in [0.1, 0.15) is 19.9 Å². The molecule has 0 saturated carbocycles. The van der Waals surface area contributed by atoms with Crippen LogP contribution in [-0.4, -0.2) is 14.5 Å². The highest BCUT2D eigenvalue weighted by Gasteiger charge is 2.09. The summed E-state index contributed by atoms with van der Waals surface area (Å²) in [6.45, 7) is 3.90. The van der Waals surface area contributed by atoms with E-state index in [0.29, 0.717) is 5.82 Å². The lowest BCUT2D eigenvalue weighted by Crippen LogP contribution is -2.18.